The SMILES string of the molecule is COc1ccc(S(=O)(=O)N2CCOC(c3ccc(C(C)C)cc3)C2)cc1. The van der Waals surface area contributed by atoms with Gasteiger partial charge in [-0.3, -0.25) is 0 Å². The van der Waals surface area contributed by atoms with Crippen LogP contribution in [0.4, 0.5) is 0 Å². The van der Waals surface area contributed by atoms with Crippen LogP contribution in [-0.2, 0) is 14.8 Å². The van der Waals surface area contributed by atoms with Gasteiger partial charge in [-0.1, -0.05) is 38.1 Å². The van der Waals surface area contributed by atoms with Crippen molar-refractivity contribution >= 4 is 10.0 Å². The molecule has 1 aliphatic heterocycles. The lowest BCUT2D eigenvalue weighted by Gasteiger charge is -2.32. The summed E-state index contributed by atoms with van der Waals surface area (Å²) >= 11 is 0. The van der Waals surface area contributed by atoms with E-state index in [-0.39, 0.29) is 11.0 Å². The van der Waals surface area contributed by atoms with Gasteiger partial charge >= 0.3 is 0 Å². The van der Waals surface area contributed by atoms with E-state index in [4.69, 9.17) is 9.47 Å². The van der Waals surface area contributed by atoms with Crippen LogP contribution < -0.4 is 4.74 Å². The molecule has 1 aliphatic rings. The summed E-state index contributed by atoms with van der Waals surface area (Å²) in [5.41, 5.74) is 2.26. The second-order valence-corrected chi connectivity index (χ2v) is 8.66. The second-order valence-electron chi connectivity index (χ2n) is 6.72. The van der Waals surface area contributed by atoms with Crippen molar-refractivity contribution in [2.75, 3.05) is 26.8 Å². The number of benzene rings is 2. The molecule has 1 unspecified atom stereocenters. The van der Waals surface area contributed by atoms with Crippen molar-refractivity contribution in [1.82, 2.24) is 4.31 Å². The summed E-state index contributed by atoms with van der Waals surface area (Å²) in [5.74, 6) is 1.09. The normalized spacial score (nSPS) is 18.8. The Bertz CT molecular complexity index is 829. The summed E-state index contributed by atoms with van der Waals surface area (Å²) in [6, 6.07) is 14.7. The molecule has 2 aromatic carbocycles. The van der Waals surface area contributed by atoms with E-state index >= 15 is 0 Å². The van der Waals surface area contributed by atoms with Crippen molar-refractivity contribution in [3.63, 3.8) is 0 Å². The first-order chi connectivity index (χ1) is 12.4. The van der Waals surface area contributed by atoms with E-state index in [1.165, 1.54) is 9.87 Å². The molecule has 26 heavy (non-hydrogen) atoms. The monoisotopic (exact) mass is 375 g/mol. The zero-order valence-electron chi connectivity index (χ0n) is 15.4. The maximum atomic E-state index is 12.9. The number of sulfonamides is 1. The number of morpholine rings is 1. The highest BCUT2D eigenvalue weighted by atomic mass is 32.2. The highest BCUT2D eigenvalue weighted by molar-refractivity contribution is 7.89. The first-order valence-electron chi connectivity index (χ1n) is 8.77. The molecule has 0 amide bonds. The van der Waals surface area contributed by atoms with E-state index in [9.17, 15) is 8.42 Å². The number of ether oxygens (including phenoxy) is 2. The van der Waals surface area contributed by atoms with Crippen LogP contribution in [0.1, 0.15) is 37.0 Å². The molecule has 0 N–H and O–H groups in total. The third-order valence-electron chi connectivity index (χ3n) is 4.70. The van der Waals surface area contributed by atoms with Crippen LogP contribution in [0.3, 0.4) is 0 Å². The molecule has 1 heterocycles. The highest BCUT2D eigenvalue weighted by Crippen LogP contribution is 2.28. The Hall–Kier alpha value is -1.89. The Morgan fingerprint density at radius 2 is 1.73 bits per heavy atom. The summed E-state index contributed by atoms with van der Waals surface area (Å²) in [5, 5.41) is 0. The summed E-state index contributed by atoms with van der Waals surface area (Å²) in [4.78, 5) is 0.272. The molecule has 0 aliphatic carbocycles. The van der Waals surface area contributed by atoms with Gasteiger partial charge in [-0.05, 0) is 41.3 Å². The quantitative estimate of drug-likeness (QED) is 0.801. The average Bonchev–Trinajstić information content (AvgIpc) is 2.68. The van der Waals surface area contributed by atoms with Gasteiger partial charge in [0.05, 0.1) is 24.7 Å². The topological polar surface area (TPSA) is 55.8 Å². The zero-order chi connectivity index (χ0) is 18.7. The van der Waals surface area contributed by atoms with Gasteiger partial charge in [-0.2, -0.15) is 4.31 Å². The molecule has 6 heteroatoms. The Labute approximate surface area is 155 Å². The van der Waals surface area contributed by atoms with Crippen molar-refractivity contribution in [3.8, 4) is 5.75 Å². The van der Waals surface area contributed by atoms with Crippen LogP contribution in [0.25, 0.3) is 0 Å². The van der Waals surface area contributed by atoms with Crippen LogP contribution in [0.15, 0.2) is 53.4 Å². The number of hydrogen-bond acceptors (Lipinski definition) is 4. The van der Waals surface area contributed by atoms with E-state index < -0.39 is 10.0 Å². The zero-order valence-corrected chi connectivity index (χ0v) is 16.2. The second kappa shape index (κ2) is 7.78. The molecular weight excluding hydrogens is 350 g/mol. The Kier molecular flexibility index (Phi) is 5.65. The summed E-state index contributed by atoms with van der Waals surface area (Å²) < 4.78 is 38.3. The predicted octanol–water partition coefficient (Wildman–Crippen LogP) is 3.58. The number of hydrogen-bond donors (Lipinski definition) is 0. The summed E-state index contributed by atoms with van der Waals surface area (Å²) in [7, 11) is -2.00. The van der Waals surface area contributed by atoms with Crippen molar-refractivity contribution in [1.29, 1.82) is 0 Å². The van der Waals surface area contributed by atoms with Gasteiger partial charge in [0, 0.05) is 13.1 Å². The van der Waals surface area contributed by atoms with Gasteiger partial charge in [0.15, 0.2) is 0 Å². The van der Waals surface area contributed by atoms with Gasteiger partial charge < -0.3 is 9.47 Å². The Morgan fingerprint density at radius 1 is 1.08 bits per heavy atom. The first-order valence-corrected chi connectivity index (χ1v) is 10.2. The van der Waals surface area contributed by atoms with Crippen molar-refractivity contribution < 1.29 is 17.9 Å². The molecule has 0 saturated carbocycles. The number of rotatable bonds is 5. The lowest BCUT2D eigenvalue weighted by atomic mass is 10.00. The van der Waals surface area contributed by atoms with Crippen molar-refractivity contribution in [2.24, 2.45) is 0 Å². The molecule has 1 fully saturated rings. The molecule has 140 valence electrons. The number of nitrogens with zero attached hydrogens (tertiary/aromatic N) is 1. The average molecular weight is 375 g/mol. The lowest BCUT2D eigenvalue weighted by molar-refractivity contribution is -0.00256. The minimum absolute atomic E-state index is 0.252. The van der Waals surface area contributed by atoms with Crippen LogP contribution in [-0.4, -0.2) is 39.5 Å². The molecule has 0 bridgehead atoms. The third kappa shape index (κ3) is 3.92. The molecule has 3 rings (SSSR count). The maximum Gasteiger partial charge on any atom is 0.243 e. The summed E-state index contributed by atoms with van der Waals surface area (Å²) in [6.07, 6.45) is -0.252. The minimum atomic E-state index is -3.55. The highest BCUT2D eigenvalue weighted by Gasteiger charge is 2.31. The molecular formula is C20H25NO4S. The number of methoxy groups -OCH3 is 1. The van der Waals surface area contributed by atoms with Crippen LogP contribution in [0.5, 0.6) is 5.75 Å². The van der Waals surface area contributed by atoms with E-state index in [0.717, 1.165) is 5.56 Å². The minimum Gasteiger partial charge on any atom is -0.497 e. The smallest absolute Gasteiger partial charge is 0.243 e. The molecule has 1 atom stereocenters. The van der Waals surface area contributed by atoms with Crippen molar-refractivity contribution in [3.05, 3.63) is 59.7 Å². The molecule has 2 aromatic rings. The fourth-order valence-electron chi connectivity index (χ4n) is 3.04. The van der Waals surface area contributed by atoms with Gasteiger partial charge in [-0.25, -0.2) is 8.42 Å². The Balaban J connectivity index is 1.78. The van der Waals surface area contributed by atoms with Crippen molar-refractivity contribution in [2.45, 2.75) is 30.8 Å². The van der Waals surface area contributed by atoms with E-state index in [2.05, 4.69) is 26.0 Å². The van der Waals surface area contributed by atoms with Gasteiger partial charge in [0.1, 0.15) is 5.75 Å². The largest absolute Gasteiger partial charge is 0.497 e. The molecule has 5 nitrogen and oxygen atoms in total. The summed E-state index contributed by atoms with van der Waals surface area (Å²) in [6.45, 7) is 5.35. The van der Waals surface area contributed by atoms with Crippen LogP contribution in [0.2, 0.25) is 0 Å². The maximum absolute atomic E-state index is 12.9. The Morgan fingerprint density at radius 3 is 2.31 bits per heavy atom. The van der Waals surface area contributed by atoms with Crippen LogP contribution in [0, 0.1) is 0 Å². The molecule has 0 spiro atoms. The molecule has 0 aromatic heterocycles. The third-order valence-corrected chi connectivity index (χ3v) is 6.58. The van der Waals surface area contributed by atoms with E-state index in [1.807, 2.05) is 12.1 Å². The van der Waals surface area contributed by atoms with Gasteiger partial charge in [0.25, 0.3) is 0 Å². The van der Waals surface area contributed by atoms with Gasteiger partial charge in [-0.15, -0.1) is 0 Å². The van der Waals surface area contributed by atoms with E-state index in [1.54, 1.807) is 31.4 Å². The molecule has 0 radical (unpaired) electrons. The molecule has 1 saturated heterocycles. The first kappa shape index (κ1) is 18.9. The lowest BCUT2D eigenvalue weighted by Crippen LogP contribution is -2.42. The van der Waals surface area contributed by atoms with E-state index in [0.29, 0.717) is 31.4 Å². The fourth-order valence-corrected chi connectivity index (χ4v) is 4.46. The van der Waals surface area contributed by atoms with Crippen LogP contribution >= 0.6 is 0 Å². The van der Waals surface area contributed by atoms with Gasteiger partial charge in [0.2, 0.25) is 10.0 Å². The fraction of sp³-hybridized carbons (Fsp3) is 0.400. The standard InChI is InChI=1S/C20H25NO4S/c1-15(2)16-4-6-17(7-5-16)20-14-21(12-13-25-20)26(22,23)19-10-8-18(24-3)9-11-19/h4-11,15,20H,12-14H2,1-3H3. The predicted molar refractivity (Wildman–Crippen MR) is 101 cm³/mol.